The van der Waals surface area contributed by atoms with E-state index in [1.165, 1.54) is 25.7 Å². The van der Waals surface area contributed by atoms with Gasteiger partial charge in [0.15, 0.2) is 0 Å². The quantitative estimate of drug-likeness (QED) is 0.877. The summed E-state index contributed by atoms with van der Waals surface area (Å²) in [6.45, 7) is 3.13. The van der Waals surface area contributed by atoms with Crippen molar-refractivity contribution in [2.24, 2.45) is 5.92 Å². The molecule has 0 aromatic carbocycles. The van der Waals surface area contributed by atoms with Crippen LogP contribution in [-0.4, -0.2) is 51.9 Å². The molecule has 7 nitrogen and oxygen atoms in total. The molecule has 3 heterocycles. The molecule has 0 bridgehead atoms. The standard InChI is InChI=1S/C20H26N6O/c27-20(13-16-5-1-2-6-16)26-11-9-25(10-12-26)19-14-18(22-15-23-19)24-17-7-3-4-8-21-17/h3-4,7-8,14-16H,1-2,5-6,9-13H2,(H,21,22,23,24). The first-order valence-corrected chi connectivity index (χ1v) is 9.81. The molecule has 2 fully saturated rings. The van der Waals surface area contributed by atoms with Crippen LogP contribution in [0.4, 0.5) is 17.5 Å². The van der Waals surface area contributed by atoms with E-state index in [-0.39, 0.29) is 0 Å². The lowest BCUT2D eigenvalue weighted by Crippen LogP contribution is -2.49. The number of rotatable bonds is 5. The second kappa shape index (κ2) is 8.33. The molecule has 2 aromatic heterocycles. The van der Waals surface area contributed by atoms with Crippen molar-refractivity contribution >= 4 is 23.4 Å². The Morgan fingerprint density at radius 2 is 1.85 bits per heavy atom. The number of amides is 1. The van der Waals surface area contributed by atoms with Crippen LogP contribution in [0.25, 0.3) is 0 Å². The number of nitrogens with one attached hydrogen (secondary N) is 1. The summed E-state index contributed by atoms with van der Waals surface area (Å²) in [5.74, 6) is 3.29. The lowest BCUT2D eigenvalue weighted by molar-refractivity contribution is -0.132. The fourth-order valence-corrected chi connectivity index (χ4v) is 3.93. The molecule has 1 saturated carbocycles. The van der Waals surface area contributed by atoms with E-state index < -0.39 is 0 Å². The van der Waals surface area contributed by atoms with Gasteiger partial charge in [0.1, 0.15) is 23.8 Å². The molecule has 2 aromatic rings. The molecule has 0 unspecified atom stereocenters. The molecule has 1 N–H and O–H groups in total. The van der Waals surface area contributed by atoms with Gasteiger partial charge in [-0.15, -0.1) is 0 Å². The number of pyridine rings is 1. The van der Waals surface area contributed by atoms with E-state index in [4.69, 9.17) is 0 Å². The van der Waals surface area contributed by atoms with Gasteiger partial charge in [0, 0.05) is 44.9 Å². The highest BCUT2D eigenvalue weighted by Gasteiger charge is 2.25. The number of hydrogen-bond donors (Lipinski definition) is 1. The largest absolute Gasteiger partial charge is 0.353 e. The maximum atomic E-state index is 12.5. The summed E-state index contributed by atoms with van der Waals surface area (Å²) in [6, 6.07) is 7.64. The van der Waals surface area contributed by atoms with Crippen molar-refractivity contribution in [3.63, 3.8) is 0 Å². The number of anilines is 3. The first-order valence-electron chi connectivity index (χ1n) is 9.81. The number of nitrogens with zero attached hydrogens (tertiary/aromatic N) is 5. The molecule has 1 aliphatic heterocycles. The van der Waals surface area contributed by atoms with Gasteiger partial charge in [-0.05, 0) is 30.9 Å². The number of piperazine rings is 1. The van der Waals surface area contributed by atoms with Crippen molar-refractivity contribution in [2.45, 2.75) is 32.1 Å². The van der Waals surface area contributed by atoms with Gasteiger partial charge < -0.3 is 15.1 Å². The summed E-state index contributed by atoms with van der Waals surface area (Å²) >= 11 is 0. The molecule has 142 valence electrons. The third-order valence-corrected chi connectivity index (χ3v) is 5.47. The monoisotopic (exact) mass is 366 g/mol. The summed E-state index contributed by atoms with van der Waals surface area (Å²) in [4.78, 5) is 29.7. The Morgan fingerprint density at radius 1 is 1.04 bits per heavy atom. The fraction of sp³-hybridized carbons (Fsp3) is 0.500. The zero-order valence-corrected chi connectivity index (χ0v) is 15.5. The van der Waals surface area contributed by atoms with E-state index in [2.05, 4.69) is 25.2 Å². The summed E-state index contributed by atoms with van der Waals surface area (Å²) < 4.78 is 0. The van der Waals surface area contributed by atoms with E-state index in [0.29, 0.717) is 11.8 Å². The molecule has 4 rings (SSSR count). The summed E-state index contributed by atoms with van der Waals surface area (Å²) in [7, 11) is 0. The first-order chi connectivity index (χ1) is 13.3. The highest BCUT2D eigenvalue weighted by molar-refractivity contribution is 5.76. The van der Waals surface area contributed by atoms with Crippen molar-refractivity contribution in [1.29, 1.82) is 0 Å². The molecule has 2 aliphatic rings. The number of carbonyl (C=O) groups excluding carboxylic acids is 1. The van der Waals surface area contributed by atoms with Crippen LogP contribution >= 0.6 is 0 Å². The minimum Gasteiger partial charge on any atom is -0.353 e. The SMILES string of the molecule is O=C(CC1CCCC1)N1CCN(c2cc(Nc3ccccn3)ncn2)CC1. The lowest BCUT2D eigenvalue weighted by atomic mass is 10.0. The zero-order valence-electron chi connectivity index (χ0n) is 15.5. The number of hydrogen-bond acceptors (Lipinski definition) is 6. The van der Waals surface area contributed by atoms with Crippen LogP contribution < -0.4 is 10.2 Å². The minimum absolute atomic E-state index is 0.321. The van der Waals surface area contributed by atoms with Gasteiger partial charge in [0.05, 0.1) is 0 Å². The highest BCUT2D eigenvalue weighted by Crippen LogP contribution is 2.28. The molecular formula is C20H26N6O. The van der Waals surface area contributed by atoms with Crippen LogP contribution in [-0.2, 0) is 4.79 Å². The Balaban J connectivity index is 1.32. The fourth-order valence-electron chi connectivity index (χ4n) is 3.93. The molecule has 1 saturated heterocycles. The third-order valence-electron chi connectivity index (χ3n) is 5.47. The van der Waals surface area contributed by atoms with Crippen LogP contribution in [0.5, 0.6) is 0 Å². The van der Waals surface area contributed by atoms with Gasteiger partial charge in [0.2, 0.25) is 5.91 Å². The molecule has 1 amide bonds. The van der Waals surface area contributed by atoms with Gasteiger partial charge in [-0.25, -0.2) is 15.0 Å². The summed E-state index contributed by atoms with van der Waals surface area (Å²) in [6.07, 6.45) is 9.05. The maximum Gasteiger partial charge on any atom is 0.222 e. The summed E-state index contributed by atoms with van der Waals surface area (Å²) in [5.41, 5.74) is 0. The Morgan fingerprint density at radius 3 is 2.59 bits per heavy atom. The summed E-state index contributed by atoms with van der Waals surface area (Å²) in [5, 5.41) is 3.20. The molecule has 0 spiro atoms. The number of aromatic nitrogens is 3. The Hall–Kier alpha value is -2.70. The van der Waals surface area contributed by atoms with Gasteiger partial charge in [0.25, 0.3) is 0 Å². The average Bonchev–Trinajstić information content (AvgIpc) is 3.22. The van der Waals surface area contributed by atoms with Crippen molar-refractivity contribution in [3.05, 3.63) is 36.8 Å². The van der Waals surface area contributed by atoms with Crippen molar-refractivity contribution < 1.29 is 4.79 Å². The van der Waals surface area contributed by atoms with Crippen molar-refractivity contribution in [1.82, 2.24) is 19.9 Å². The minimum atomic E-state index is 0.321. The molecule has 0 atom stereocenters. The zero-order chi connectivity index (χ0) is 18.5. The normalized spacial score (nSPS) is 17.9. The van der Waals surface area contributed by atoms with E-state index in [1.807, 2.05) is 29.2 Å². The Labute approximate surface area is 159 Å². The van der Waals surface area contributed by atoms with E-state index in [0.717, 1.165) is 50.1 Å². The predicted molar refractivity (Wildman–Crippen MR) is 105 cm³/mol. The van der Waals surface area contributed by atoms with Crippen molar-refractivity contribution in [2.75, 3.05) is 36.4 Å². The van der Waals surface area contributed by atoms with Crippen LogP contribution in [0, 0.1) is 5.92 Å². The Kier molecular flexibility index (Phi) is 5.46. The maximum absolute atomic E-state index is 12.5. The van der Waals surface area contributed by atoms with Gasteiger partial charge in [-0.1, -0.05) is 18.9 Å². The van der Waals surface area contributed by atoms with Crippen LogP contribution in [0.1, 0.15) is 32.1 Å². The molecule has 0 radical (unpaired) electrons. The van der Waals surface area contributed by atoms with Crippen LogP contribution in [0.15, 0.2) is 36.8 Å². The second-order valence-corrected chi connectivity index (χ2v) is 7.32. The topological polar surface area (TPSA) is 74.2 Å². The Bertz CT molecular complexity index is 754. The van der Waals surface area contributed by atoms with E-state index >= 15 is 0 Å². The first kappa shape index (κ1) is 17.7. The van der Waals surface area contributed by atoms with Gasteiger partial charge in [-0.2, -0.15) is 0 Å². The molecule has 7 heteroatoms. The average molecular weight is 366 g/mol. The van der Waals surface area contributed by atoms with Gasteiger partial charge in [-0.3, -0.25) is 4.79 Å². The van der Waals surface area contributed by atoms with Gasteiger partial charge >= 0.3 is 0 Å². The highest BCUT2D eigenvalue weighted by atomic mass is 16.2. The van der Waals surface area contributed by atoms with E-state index in [9.17, 15) is 4.79 Å². The molecular weight excluding hydrogens is 340 g/mol. The lowest BCUT2D eigenvalue weighted by Gasteiger charge is -2.35. The van der Waals surface area contributed by atoms with Crippen LogP contribution in [0.2, 0.25) is 0 Å². The second-order valence-electron chi connectivity index (χ2n) is 7.32. The van der Waals surface area contributed by atoms with E-state index in [1.54, 1.807) is 12.5 Å². The molecule has 27 heavy (non-hydrogen) atoms. The predicted octanol–water partition coefficient (Wildman–Crippen LogP) is 2.84. The smallest absolute Gasteiger partial charge is 0.222 e. The van der Waals surface area contributed by atoms with Crippen molar-refractivity contribution in [3.8, 4) is 0 Å². The number of carbonyl (C=O) groups is 1. The molecule has 1 aliphatic carbocycles. The van der Waals surface area contributed by atoms with Crippen LogP contribution in [0.3, 0.4) is 0 Å². The third kappa shape index (κ3) is 4.53.